The van der Waals surface area contributed by atoms with Gasteiger partial charge in [-0.25, -0.2) is 4.98 Å². The van der Waals surface area contributed by atoms with E-state index in [0.717, 1.165) is 17.8 Å². The maximum Gasteiger partial charge on any atom is 0.137 e. The van der Waals surface area contributed by atoms with Gasteiger partial charge in [-0.05, 0) is 32.0 Å². The summed E-state index contributed by atoms with van der Waals surface area (Å²) < 4.78 is 8.10. The Balaban J connectivity index is 1.64. The maximum absolute atomic E-state index is 6.06. The first kappa shape index (κ1) is 12.6. The summed E-state index contributed by atoms with van der Waals surface area (Å²) >= 11 is 0. The zero-order valence-electron chi connectivity index (χ0n) is 11.4. The summed E-state index contributed by atoms with van der Waals surface area (Å²) in [5.41, 5.74) is 1.99. The predicted molar refractivity (Wildman–Crippen MR) is 75.1 cm³/mol. The number of ether oxygens (including phenoxy) is 1. The first-order chi connectivity index (χ1) is 9.36. The number of nitrogens with zero attached hydrogens (tertiary/aromatic N) is 2. The molecule has 2 aromatic rings. The highest BCUT2D eigenvalue weighted by Gasteiger charge is 2.24. The lowest BCUT2D eigenvalue weighted by molar-refractivity contribution is -0.00484. The standard InChI is InChI=1S/C15H21N3O/c1-16-13-6-2-3-7-14(13)19-11-12-10-18-9-5-4-8-15(18)17-12/h4-5,8-10,13-14,16H,2-3,6-7,11H2,1H3. The zero-order chi connectivity index (χ0) is 13.1. The fraction of sp³-hybridized carbons (Fsp3) is 0.533. The highest BCUT2D eigenvalue weighted by Crippen LogP contribution is 2.22. The van der Waals surface area contributed by atoms with Crippen LogP contribution in [-0.2, 0) is 11.3 Å². The predicted octanol–water partition coefficient (Wildman–Crippen LogP) is 2.38. The van der Waals surface area contributed by atoms with Gasteiger partial charge in [-0.3, -0.25) is 0 Å². The third kappa shape index (κ3) is 2.80. The molecular weight excluding hydrogens is 238 g/mol. The van der Waals surface area contributed by atoms with Crippen molar-refractivity contribution < 1.29 is 4.74 Å². The molecule has 2 unspecified atom stereocenters. The molecule has 1 aliphatic rings. The van der Waals surface area contributed by atoms with Gasteiger partial charge in [0.1, 0.15) is 5.65 Å². The monoisotopic (exact) mass is 259 g/mol. The van der Waals surface area contributed by atoms with Crippen molar-refractivity contribution in [2.75, 3.05) is 7.05 Å². The van der Waals surface area contributed by atoms with Crippen LogP contribution in [0.1, 0.15) is 31.4 Å². The van der Waals surface area contributed by atoms with Crippen LogP contribution in [0.4, 0.5) is 0 Å². The first-order valence-corrected chi connectivity index (χ1v) is 7.08. The fourth-order valence-electron chi connectivity index (χ4n) is 2.88. The third-order valence-corrected chi connectivity index (χ3v) is 3.93. The van der Waals surface area contributed by atoms with Crippen molar-refractivity contribution in [2.24, 2.45) is 0 Å². The van der Waals surface area contributed by atoms with E-state index < -0.39 is 0 Å². The van der Waals surface area contributed by atoms with E-state index in [1.165, 1.54) is 19.3 Å². The summed E-state index contributed by atoms with van der Waals surface area (Å²) in [6.07, 6.45) is 9.33. The normalized spacial score (nSPS) is 23.8. The smallest absolute Gasteiger partial charge is 0.137 e. The lowest BCUT2D eigenvalue weighted by Gasteiger charge is -2.30. The number of nitrogens with one attached hydrogen (secondary N) is 1. The molecular formula is C15H21N3O. The van der Waals surface area contributed by atoms with E-state index in [1.54, 1.807) is 0 Å². The second kappa shape index (κ2) is 5.72. The van der Waals surface area contributed by atoms with E-state index in [-0.39, 0.29) is 0 Å². The summed E-state index contributed by atoms with van der Waals surface area (Å²) in [6, 6.07) is 6.52. The van der Waals surface area contributed by atoms with Gasteiger partial charge in [-0.1, -0.05) is 18.9 Å². The molecule has 1 N–H and O–H groups in total. The van der Waals surface area contributed by atoms with E-state index in [4.69, 9.17) is 4.74 Å². The van der Waals surface area contributed by atoms with E-state index in [1.807, 2.05) is 42.0 Å². The van der Waals surface area contributed by atoms with Crippen LogP contribution in [0.3, 0.4) is 0 Å². The molecule has 2 atom stereocenters. The molecule has 2 heterocycles. The van der Waals surface area contributed by atoms with E-state index in [0.29, 0.717) is 18.8 Å². The first-order valence-electron chi connectivity index (χ1n) is 7.08. The lowest BCUT2D eigenvalue weighted by atomic mass is 9.92. The number of aromatic nitrogens is 2. The van der Waals surface area contributed by atoms with Crippen LogP contribution >= 0.6 is 0 Å². The number of hydrogen-bond donors (Lipinski definition) is 1. The molecule has 19 heavy (non-hydrogen) atoms. The summed E-state index contributed by atoms with van der Waals surface area (Å²) in [5, 5.41) is 3.37. The number of hydrogen-bond acceptors (Lipinski definition) is 3. The van der Waals surface area contributed by atoms with Crippen molar-refractivity contribution >= 4 is 5.65 Å². The second-order valence-corrected chi connectivity index (χ2v) is 5.23. The van der Waals surface area contributed by atoms with Crippen molar-refractivity contribution in [3.8, 4) is 0 Å². The van der Waals surface area contributed by atoms with Gasteiger partial charge in [-0.2, -0.15) is 0 Å². The Morgan fingerprint density at radius 3 is 3.11 bits per heavy atom. The number of likely N-dealkylation sites (N-methyl/N-ethyl adjacent to an activating group) is 1. The van der Waals surface area contributed by atoms with E-state index in [9.17, 15) is 0 Å². The van der Waals surface area contributed by atoms with Crippen LogP contribution in [0.2, 0.25) is 0 Å². The van der Waals surface area contributed by atoms with Crippen molar-refractivity contribution in [1.29, 1.82) is 0 Å². The van der Waals surface area contributed by atoms with Crippen LogP contribution in [0.25, 0.3) is 5.65 Å². The van der Waals surface area contributed by atoms with Gasteiger partial charge >= 0.3 is 0 Å². The molecule has 0 saturated heterocycles. The molecule has 3 rings (SSSR count). The third-order valence-electron chi connectivity index (χ3n) is 3.93. The Kier molecular flexibility index (Phi) is 3.80. The van der Waals surface area contributed by atoms with Crippen molar-refractivity contribution in [3.63, 3.8) is 0 Å². The maximum atomic E-state index is 6.06. The SMILES string of the molecule is CNC1CCCCC1OCc1cn2ccccc2n1. The Morgan fingerprint density at radius 2 is 2.26 bits per heavy atom. The Labute approximate surface area is 113 Å². The van der Waals surface area contributed by atoms with Gasteiger partial charge in [0, 0.05) is 18.4 Å². The topological polar surface area (TPSA) is 38.6 Å². The Morgan fingerprint density at radius 1 is 1.37 bits per heavy atom. The largest absolute Gasteiger partial charge is 0.370 e. The molecule has 2 aromatic heterocycles. The molecule has 0 spiro atoms. The van der Waals surface area contributed by atoms with Crippen LogP contribution in [0.15, 0.2) is 30.6 Å². The summed E-state index contributed by atoms with van der Waals surface area (Å²) in [6.45, 7) is 0.602. The lowest BCUT2D eigenvalue weighted by Crippen LogP contribution is -2.41. The Hall–Kier alpha value is -1.39. The highest BCUT2D eigenvalue weighted by atomic mass is 16.5. The van der Waals surface area contributed by atoms with Gasteiger partial charge in [-0.15, -0.1) is 0 Å². The van der Waals surface area contributed by atoms with E-state index >= 15 is 0 Å². The molecule has 0 aliphatic heterocycles. The van der Waals surface area contributed by atoms with Crippen LogP contribution in [0.5, 0.6) is 0 Å². The molecule has 0 amide bonds. The van der Waals surface area contributed by atoms with Gasteiger partial charge in [0.15, 0.2) is 0 Å². The minimum Gasteiger partial charge on any atom is -0.370 e. The van der Waals surface area contributed by atoms with Gasteiger partial charge in [0.25, 0.3) is 0 Å². The van der Waals surface area contributed by atoms with Crippen molar-refractivity contribution in [1.82, 2.24) is 14.7 Å². The van der Waals surface area contributed by atoms with Gasteiger partial charge < -0.3 is 14.5 Å². The second-order valence-electron chi connectivity index (χ2n) is 5.23. The van der Waals surface area contributed by atoms with Crippen molar-refractivity contribution in [2.45, 2.75) is 44.4 Å². The molecule has 0 aromatic carbocycles. The van der Waals surface area contributed by atoms with Gasteiger partial charge in [0.05, 0.1) is 18.4 Å². The average Bonchev–Trinajstić information content (AvgIpc) is 2.88. The van der Waals surface area contributed by atoms with Crippen molar-refractivity contribution in [3.05, 3.63) is 36.3 Å². The molecule has 4 heteroatoms. The van der Waals surface area contributed by atoms with E-state index in [2.05, 4.69) is 10.3 Å². The minimum absolute atomic E-state index is 0.323. The molecule has 0 bridgehead atoms. The zero-order valence-corrected chi connectivity index (χ0v) is 11.4. The van der Waals surface area contributed by atoms with Crippen LogP contribution in [0, 0.1) is 0 Å². The number of pyridine rings is 1. The Bertz CT molecular complexity index is 504. The molecule has 1 aliphatic carbocycles. The summed E-state index contributed by atoms with van der Waals surface area (Å²) in [4.78, 5) is 4.57. The number of rotatable bonds is 4. The molecule has 4 nitrogen and oxygen atoms in total. The minimum atomic E-state index is 0.323. The summed E-state index contributed by atoms with van der Waals surface area (Å²) in [7, 11) is 2.03. The van der Waals surface area contributed by atoms with Crippen LogP contribution in [-0.4, -0.2) is 28.6 Å². The fourth-order valence-corrected chi connectivity index (χ4v) is 2.88. The van der Waals surface area contributed by atoms with Gasteiger partial charge in [0.2, 0.25) is 0 Å². The molecule has 1 saturated carbocycles. The molecule has 102 valence electrons. The highest BCUT2D eigenvalue weighted by molar-refractivity contribution is 5.39. The van der Waals surface area contributed by atoms with Crippen LogP contribution < -0.4 is 5.32 Å². The quantitative estimate of drug-likeness (QED) is 0.916. The molecule has 0 radical (unpaired) electrons. The number of fused-ring (bicyclic) bond motifs is 1. The average molecular weight is 259 g/mol. The molecule has 1 fully saturated rings. The number of imidazole rings is 1. The summed E-state index contributed by atoms with van der Waals surface area (Å²) in [5.74, 6) is 0.